The molecule has 0 aliphatic carbocycles. The molecule has 1 saturated heterocycles. The maximum absolute atomic E-state index is 10.9. The lowest BCUT2D eigenvalue weighted by Gasteiger charge is -2.43. The SMILES string of the molecule is COCCC(C)C1(O)CCCN(Cc2ccccc2)C1. The minimum absolute atomic E-state index is 0.279. The van der Waals surface area contributed by atoms with Gasteiger partial charge in [-0.15, -0.1) is 0 Å². The van der Waals surface area contributed by atoms with Crippen molar-refractivity contribution in [3.63, 3.8) is 0 Å². The highest BCUT2D eigenvalue weighted by atomic mass is 16.5. The number of nitrogens with zero attached hydrogens (tertiary/aromatic N) is 1. The molecule has 3 heteroatoms. The van der Waals surface area contributed by atoms with E-state index in [2.05, 4.69) is 36.1 Å². The molecule has 112 valence electrons. The summed E-state index contributed by atoms with van der Waals surface area (Å²) in [5.74, 6) is 0.279. The largest absolute Gasteiger partial charge is 0.388 e. The van der Waals surface area contributed by atoms with Crippen LogP contribution in [0, 0.1) is 5.92 Å². The predicted octanol–water partition coefficient (Wildman–Crippen LogP) is 2.69. The van der Waals surface area contributed by atoms with E-state index in [-0.39, 0.29) is 5.92 Å². The number of methoxy groups -OCH3 is 1. The summed E-state index contributed by atoms with van der Waals surface area (Å²) in [6.45, 7) is 5.65. The highest BCUT2D eigenvalue weighted by Crippen LogP contribution is 2.31. The van der Waals surface area contributed by atoms with Gasteiger partial charge >= 0.3 is 0 Å². The molecule has 20 heavy (non-hydrogen) atoms. The first-order valence-electron chi connectivity index (χ1n) is 7.61. The molecule has 3 nitrogen and oxygen atoms in total. The summed E-state index contributed by atoms with van der Waals surface area (Å²) in [4.78, 5) is 2.38. The van der Waals surface area contributed by atoms with E-state index in [9.17, 15) is 5.11 Å². The molecule has 0 aromatic heterocycles. The third-order valence-corrected chi connectivity index (χ3v) is 4.50. The molecule has 1 aromatic carbocycles. The number of hydrogen-bond donors (Lipinski definition) is 1. The van der Waals surface area contributed by atoms with Crippen LogP contribution in [0.25, 0.3) is 0 Å². The van der Waals surface area contributed by atoms with Crippen LogP contribution in [-0.2, 0) is 11.3 Å². The number of piperidine rings is 1. The molecule has 0 radical (unpaired) electrons. The number of ether oxygens (including phenoxy) is 1. The van der Waals surface area contributed by atoms with Crippen molar-refractivity contribution >= 4 is 0 Å². The van der Waals surface area contributed by atoms with E-state index in [1.807, 2.05) is 6.07 Å². The average Bonchev–Trinajstić information content (AvgIpc) is 2.46. The predicted molar refractivity (Wildman–Crippen MR) is 81.6 cm³/mol. The molecule has 0 saturated carbocycles. The zero-order valence-electron chi connectivity index (χ0n) is 12.7. The topological polar surface area (TPSA) is 32.7 Å². The summed E-state index contributed by atoms with van der Waals surface area (Å²) in [7, 11) is 1.72. The molecule has 2 atom stereocenters. The second-order valence-electron chi connectivity index (χ2n) is 6.09. The first-order chi connectivity index (χ1) is 9.64. The summed E-state index contributed by atoms with van der Waals surface area (Å²) in [6.07, 6.45) is 2.90. The second-order valence-corrected chi connectivity index (χ2v) is 6.09. The van der Waals surface area contributed by atoms with Crippen LogP contribution in [0.3, 0.4) is 0 Å². The van der Waals surface area contributed by atoms with Crippen LogP contribution in [0.15, 0.2) is 30.3 Å². The first kappa shape index (κ1) is 15.5. The van der Waals surface area contributed by atoms with Gasteiger partial charge in [0.1, 0.15) is 0 Å². The van der Waals surface area contributed by atoms with E-state index in [4.69, 9.17) is 4.74 Å². The fraction of sp³-hybridized carbons (Fsp3) is 0.647. The Morgan fingerprint density at radius 3 is 2.80 bits per heavy atom. The van der Waals surface area contributed by atoms with Gasteiger partial charge in [0.2, 0.25) is 0 Å². The minimum Gasteiger partial charge on any atom is -0.388 e. The third-order valence-electron chi connectivity index (χ3n) is 4.50. The van der Waals surface area contributed by atoms with Crippen LogP contribution >= 0.6 is 0 Å². The molecular formula is C17H27NO2. The molecule has 1 fully saturated rings. The summed E-state index contributed by atoms with van der Waals surface area (Å²) in [6, 6.07) is 10.5. The summed E-state index contributed by atoms with van der Waals surface area (Å²) >= 11 is 0. The van der Waals surface area contributed by atoms with E-state index >= 15 is 0 Å². The van der Waals surface area contributed by atoms with Gasteiger partial charge in [0.15, 0.2) is 0 Å². The molecule has 2 rings (SSSR count). The van der Waals surface area contributed by atoms with E-state index in [0.717, 1.165) is 45.5 Å². The van der Waals surface area contributed by atoms with Crippen molar-refractivity contribution in [1.29, 1.82) is 0 Å². The zero-order valence-corrected chi connectivity index (χ0v) is 12.7. The molecule has 1 aliphatic heterocycles. The molecule has 2 unspecified atom stereocenters. The lowest BCUT2D eigenvalue weighted by molar-refractivity contribution is -0.0778. The lowest BCUT2D eigenvalue weighted by Crippen LogP contribution is -2.51. The van der Waals surface area contributed by atoms with Gasteiger partial charge in [0.25, 0.3) is 0 Å². The van der Waals surface area contributed by atoms with Crippen molar-refractivity contribution < 1.29 is 9.84 Å². The Hall–Kier alpha value is -0.900. The number of hydrogen-bond acceptors (Lipinski definition) is 3. The number of aliphatic hydroxyl groups is 1. The Bertz CT molecular complexity index is 395. The quantitative estimate of drug-likeness (QED) is 0.868. The maximum atomic E-state index is 10.9. The minimum atomic E-state index is -0.564. The van der Waals surface area contributed by atoms with Crippen LogP contribution in [0.2, 0.25) is 0 Å². The number of benzene rings is 1. The fourth-order valence-corrected chi connectivity index (χ4v) is 3.10. The van der Waals surface area contributed by atoms with Crippen LogP contribution in [0.4, 0.5) is 0 Å². The van der Waals surface area contributed by atoms with Crippen molar-refractivity contribution in [3.8, 4) is 0 Å². The van der Waals surface area contributed by atoms with Crippen molar-refractivity contribution in [2.75, 3.05) is 26.8 Å². The van der Waals surface area contributed by atoms with Crippen LogP contribution in [0.5, 0.6) is 0 Å². The van der Waals surface area contributed by atoms with Crippen LogP contribution in [0.1, 0.15) is 31.7 Å². The van der Waals surface area contributed by atoms with Gasteiger partial charge in [-0.25, -0.2) is 0 Å². The van der Waals surface area contributed by atoms with Gasteiger partial charge in [0, 0.05) is 26.8 Å². The first-order valence-corrected chi connectivity index (χ1v) is 7.61. The van der Waals surface area contributed by atoms with Gasteiger partial charge in [-0.1, -0.05) is 37.3 Å². The number of β-amino-alcohol motifs (C(OH)–C–C–N with tert-alkyl or cyclic N) is 1. The Balaban J connectivity index is 1.93. The zero-order chi connectivity index (χ0) is 14.4. The van der Waals surface area contributed by atoms with Gasteiger partial charge in [0.05, 0.1) is 5.60 Å². The molecule has 1 aliphatic rings. The highest BCUT2D eigenvalue weighted by molar-refractivity contribution is 5.14. The van der Waals surface area contributed by atoms with Gasteiger partial charge < -0.3 is 9.84 Å². The van der Waals surface area contributed by atoms with Gasteiger partial charge in [-0.05, 0) is 37.3 Å². The second kappa shape index (κ2) is 7.21. The average molecular weight is 277 g/mol. The molecule has 1 N–H and O–H groups in total. The Labute approximate surface area is 122 Å². The Morgan fingerprint density at radius 2 is 2.10 bits per heavy atom. The Kier molecular flexibility index (Phi) is 5.58. The molecule has 0 bridgehead atoms. The van der Waals surface area contributed by atoms with E-state index in [1.54, 1.807) is 7.11 Å². The highest BCUT2D eigenvalue weighted by Gasteiger charge is 2.37. The normalized spacial score (nSPS) is 25.6. The van der Waals surface area contributed by atoms with Crippen molar-refractivity contribution in [2.45, 2.75) is 38.3 Å². The summed E-state index contributed by atoms with van der Waals surface area (Å²) in [5.41, 5.74) is 0.757. The van der Waals surface area contributed by atoms with Crippen molar-refractivity contribution in [2.24, 2.45) is 5.92 Å². The smallest absolute Gasteiger partial charge is 0.0800 e. The number of rotatable bonds is 6. The molecule has 0 amide bonds. The number of likely N-dealkylation sites (tertiary alicyclic amines) is 1. The monoisotopic (exact) mass is 277 g/mol. The van der Waals surface area contributed by atoms with Gasteiger partial charge in [-0.3, -0.25) is 4.90 Å². The third kappa shape index (κ3) is 4.05. The van der Waals surface area contributed by atoms with E-state index in [1.165, 1.54) is 5.56 Å². The van der Waals surface area contributed by atoms with Gasteiger partial charge in [-0.2, -0.15) is 0 Å². The molecule has 1 heterocycles. The standard InChI is InChI=1S/C17H27NO2/c1-15(9-12-20-2)17(19)10-6-11-18(14-17)13-16-7-4-3-5-8-16/h3-5,7-8,15,19H,6,9-14H2,1-2H3. The Morgan fingerprint density at radius 1 is 1.35 bits per heavy atom. The fourth-order valence-electron chi connectivity index (χ4n) is 3.10. The van der Waals surface area contributed by atoms with E-state index < -0.39 is 5.60 Å². The maximum Gasteiger partial charge on any atom is 0.0800 e. The van der Waals surface area contributed by atoms with Crippen molar-refractivity contribution in [3.05, 3.63) is 35.9 Å². The lowest BCUT2D eigenvalue weighted by atomic mass is 9.80. The summed E-state index contributed by atoms with van der Waals surface area (Å²) in [5, 5.41) is 10.9. The van der Waals surface area contributed by atoms with Crippen molar-refractivity contribution in [1.82, 2.24) is 4.90 Å². The molecule has 0 spiro atoms. The molecular weight excluding hydrogens is 250 g/mol. The van der Waals surface area contributed by atoms with Crippen LogP contribution in [-0.4, -0.2) is 42.4 Å². The summed E-state index contributed by atoms with van der Waals surface area (Å²) < 4.78 is 5.15. The van der Waals surface area contributed by atoms with Crippen LogP contribution < -0.4 is 0 Å². The van der Waals surface area contributed by atoms with E-state index in [0.29, 0.717) is 0 Å². The molecule has 1 aromatic rings.